The predicted octanol–water partition coefficient (Wildman–Crippen LogP) is 2.15. The van der Waals surface area contributed by atoms with E-state index >= 15 is 0 Å². The van der Waals surface area contributed by atoms with E-state index in [-0.39, 0.29) is 19.3 Å². The van der Waals surface area contributed by atoms with Crippen LogP contribution < -0.4 is 5.32 Å². The lowest BCUT2D eigenvalue weighted by atomic mass is 10.2. The Morgan fingerprint density at radius 1 is 1.20 bits per heavy atom. The molecule has 1 aromatic carbocycles. The molecule has 0 heterocycles. The molecule has 0 aliphatic heterocycles. The van der Waals surface area contributed by atoms with Crippen molar-refractivity contribution in [1.29, 1.82) is 0 Å². The van der Waals surface area contributed by atoms with Crippen molar-refractivity contribution in [1.82, 2.24) is 0 Å². The van der Waals surface area contributed by atoms with E-state index in [1.807, 2.05) is 0 Å². The number of aliphatic hydroxyl groups is 2. The average Bonchev–Trinajstić information content (AvgIpc) is 2.23. The fraction of sp³-hybridized carbons (Fsp3) is 0.400. The first-order chi connectivity index (χ1) is 7.17. The second kappa shape index (κ2) is 6.18. The highest BCUT2D eigenvalue weighted by atomic mass is 35.5. The van der Waals surface area contributed by atoms with Crippen molar-refractivity contribution in [3.63, 3.8) is 0 Å². The number of nitrogens with one attached hydrogen (secondary N) is 1. The van der Waals surface area contributed by atoms with E-state index < -0.39 is 0 Å². The Kier molecular flexibility index (Phi) is 5.19. The molecule has 15 heavy (non-hydrogen) atoms. The summed E-state index contributed by atoms with van der Waals surface area (Å²) in [5.74, 6) is 0. The highest BCUT2D eigenvalue weighted by molar-refractivity contribution is 6.42. The second-order valence-electron chi connectivity index (χ2n) is 3.17. The average molecular weight is 250 g/mol. The fourth-order valence-corrected chi connectivity index (χ4v) is 1.48. The highest BCUT2D eigenvalue weighted by Gasteiger charge is 2.07. The van der Waals surface area contributed by atoms with Crippen molar-refractivity contribution in [2.75, 3.05) is 18.5 Å². The quantitative estimate of drug-likeness (QED) is 0.750. The zero-order valence-electron chi connectivity index (χ0n) is 8.08. The van der Waals surface area contributed by atoms with Crippen LogP contribution in [0.25, 0.3) is 0 Å². The first kappa shape index (κ1) is 12.6. The van der Waals surface area contributed by atoms with Gasteiger partial charge in [0, 0.05) is 12.3 Å². The van der Waals surface area contributed by atoms with Gasteiger partial charge in [0.15, 0.2) is 0 Å². The van der Waals surface area contributed by atoms with Crippen LogP contribution in [-0.4, -0.2) is 29.5 Å². The maximum Gasteiger partial charge on any atom is 0.0633 e. The topological polar surface area (TPSA) is 52.5 Å². The summed E-state index contributed by atoms with van der Waals surface area (Å²) in [6, 6.07) is 4.96. The Balaban J connectivity index is 2.66. The largest absolute Gasteiger partial charge is 0.396 e. The van der Waals surface area contributed by atoms with E-state index in [2.05, 4.69) is 5.32 Å². The zero-order valence-corrected chi connectivity index (χ0v) is 9.59. The third kappa shape index (κ3) is 3.87. The summed E-state index contributed by atoms with van der Waals surface area (Å²) >= 11 is 11.6. The lowest BCUT2D eigenvalue weighted by Gasteiger charge is -2.16. The van der Waals surface area contributed by atoms with E-state index in [0.717, 1.165) is 5.69 Å². The van der Waals surface area contributed by atoms with Crippen molar-refractivity contribution < 1.29 is 10.2 Å². The van der Waals surface area contributed by atoms with Crippen molar-refractivity contribution in [2.24, 2.45) is 0 Å². The minimum Gasteiger partial charge on any atom is -0.396 e. The Bertz CT molecular complexity index is 320. The van der Waals surface area contributed by atoms with Crippen LogP contribution in [0, 0.1) is 0 Å². The van der Waals surface area contributed by atoms with Gasteiger partial charge in [-0.05, 0) is 24.6 Å². The van der Waals surface area contributed by atoms with Gasteiger partial charge >= 0.3 is 0 Å². The smallest absolute Gasteiger partial charge is 0.0633 e. The van der Waals surface area contributed by atoms with Gasteiger partial charge in [0.05, 0.1) is 22.7 Å². The molecule has 0 spiro atoms. The van der Waals surface area contributed by atoms with E-state index in [1.165, 1.54) is 0 Å². The molecule has 0 radical (unpaired) electrons. The summed E-state index contributed by atoms with van der Waals surface area (Å²) in [5, 5.41) is 21.8. The molecule has 5 heteroatoms. The maximum absolute atomic E-state index is 9.01. The van der Waals surface area contributed by atoms with Gasteiger partial charge < -0.3 is 15.5 Å². The Labute approximate surface area is 98.6 Å². The van der Waals surface area contributed by atoms with Crippen molar-refractivity contribution in [3.8, 4) is 0 Å². The van der Waals surface area contributed by atoms with E-state index in [1.54, 1.807) is 18.2 Å². The zero-order chi connectivity index (χ0) is 11.3. The lowest BCUT2D eigenvalue weighted by Crippen LogP contribution is -2.24. The SMILES string of the molecule is OCCC(CO)Nc1ccc(Cl)c(Cl)c1. The summed E-state index contributed by atoms with van der Waals surface area (Å²) in [6.45, 7) is -0.0135. The second-order valence-corrected chi connectivity index (χ2v) is 3.98. The first-order valence-electron chi connectivity index (χ1n) is 4.60. The van der Waals surface area contributed by atoms with Crippen molar-refractivity contribution >= 4 is 28.9 Å². The molecule has 0 fully saturated rings. The summed E-state index contributed by atoms with van der Waals surface area (Å²) < 4.78 is 0. The van der Waals surface area contributed by atoms with Gasteiger partial charge in [-0.3, -0.25) is 0 Å². The lowest BCUT2D eigenvalue weighted by molar-refractivity contribution is 0.229. The molecule has 0 bridgehead atoms. The minimum absolute atomic E-state index is 0.0273. The van der Waals surface area contributed by atoms with Crippen LogP contribution in [-0.2, 0) is 0 Å². The minimum atomic E-state index is -0.174. The molecule has 1 aromatic rings. The van der Waals surface area contributed by atoms with Gasteiger partial charge in [0.25, 0.3) is 0 Å². The van der Waals surface area contributed by atoms with Crippen LogP contribution in [0.5, 0.6) is 0 Å². The molecule has 1 atom stereocenters. The normalized spacial score (nSPS) is 12.5. The van der Waals surface area contributed by atoms with Crippen LogP contribution in [0.1, 0.15) is 6.42 Å². The third-order valence-electron chi connectivity index (χ3n) is 1.99. The standard InChI is InChI=1S/C10H13Cl2NO2/c11-9-2-1-7(5-10(9)12)13-8(6-15)3-4-14/h1-2,5,8,13-15H,3-4,6H2. The van der Waals surface area contributed by atoms with Gasteiger partial charge in [0.2, 0.25) is 0 Å². The van der Waals surface area contributed by atoms with Crippen molar-refractivity contribution in [2.45, 2.75) is 12.5 Å². The van der Waals surface area contributed by atoms with Crippen LogP contribution in [0.2, 0.25) is 10.0 Å². The Morgan fingerprint density at radius 2 is 1.93 bits per heavy atom. The van der Waals surface area contributed by atoms with Gasteiger partial charge in [-0.25, -0.2) is 0 Å². The number of halogens is 2. The summed E-state index contributed by atoms with van der Waals surface area (Å²) in [4.78, 5) is 0. The van der Waals surface area contributed by atoms with Crippen LogP contribution in [0.15, 0.2) is 18.2 Å². The molecule has 0 saturated carbocycles. The Morgan fingerprint density at radius 3 is 2.47 bits per heavy atom. The number of rotatable bonds is 5. The molecular formula is C10H13Cl2NO2. The molecular weight excluding hydrogens is 237 g/mol. The van der Waals surface area contributed by atoms with Crippen molar-refractivity contribution in [3.05, 3.63) is 28.2 Å². The Hall–Kier alpha value is -0.480. The van der Waals surface area contributed by atoms with Gasteiger partial charge in [-0.2, -0.15) is 0 Å². The van der Waals surface area contributed by atoms with E-state index in [0.29, 0.717) is 16.5 Å². The third-order valence-corrected chi connectivity index (χ3v) is 2.73. The molecule has 0 aliphatic carbocycles. The molecule has 1 rings (SSSR count). The molecule has 0 aromatic heterocycles. The number of anilines is 1. The number of aliphatic hydroxyl groups excluding tert-OH is 2. The van der Waals surface area contributed by atoms with Crippen LogP contribution in [0.4, 0.5) is 5.69 Å². The fourth-order valence-electron chi connectivity index (χ4n) is 1.19. The summed E-state index contributed by atoms with van der Waals surface area (Å²) in [6.07, 6.45) is 0.483. The summed E-state index contributed by atoms with van der Waals surface area (Å²) in [5.41, 5.74) is 0.775. The molecule has 1 unspecified atom stereocenters. The first-order valence-corrected chi connectivity index (χ1v) is 5.36. The maximum atomic E-state index is 9.01. The van der Waals surface area contributed by atoms with E-state index in [4.69, 9.17) is 33.4 Å². The molecule has 0 saturated heterocycles. The number of hydrogen-bond acceptors (Lipinski definition) is 3. The van der Waals surface area contributed by atoms with Gasteiger partial charge in [0.1, 0.15) is 0 Å². The molecule has 0 aliphatic rings. The van der Waals surface area contributed by atoms with Gasteiger partial charge in [-0.15, -0.1) is 0 Å². The molecule has 84 valence electrons. The number of hydrogen-bond donors (Lipinski definition) is 3. The van der Waals surface area contributed by atoms with E-state index in [9.17, 15) is 0 Å². The van der Waals surface area contributed by atoms with Gasteiger partial charge in [-0.1, -0.05) is 23.2 Å². The molecule has 3 nitrogen and oxygen atoms in total. The molecule has 3 N–H and O–H groups in total. The molecule has 0 amide bonds. The summed E-state index contributed by atoms with van der Waals surface area (Å²) in [7, 11) is 0. The van der Waals surface area contributed by atoms with Crippen LogP contribution in [0.3, 0.4) is 0 Å². The number of benzene rings is 1. The highest BCUT2D eigenvalue weighted by Crippen LogP contribution is 2.25. The predicted molar refractivity (Wildman–Crippen MR) is 62.7 cm³/mol. The van der Waals surface area contributed by atoms with Crippen LogP contribution >= 0.6 is 23.2 Å². The monoisotopic (exact) mass is 249 g/mol.